The van der Waals surface area contributed by atoms with Gasteiger partial charge in [0, 0.05) is 25.2 Å². The average Bonchev–Trinajstić information content (AvgIpc) is 3.10. The number of hydrogen-bond donors (Lipinski definition) is 0. The summed E-state index contributed by atoms with van der Waals surface area (Å²) in [6.45, 7) is 3.45. The van der Waals surface area contributed by atoms with Crippen LogP contribution in [0, 0.1) is 0 Å². The van der Waals surface area contributed by atoms with Crippen LogP contribution < -0.4 is 0 Å². The molecule has 1 amide bonds. The first-order valence-corrected chi connectivity index (χ1v) is 8.82. The van der Waals surface area contributed by atoms with Crippen molar-refractivity contribution < 1.29 is 4.79 Å². The van der Waals surface area contributed by atoms with Crippen molar-refractivity contribution in [3.8, 4) is 0 Å². The highest BCUT2D eigenvalue weighted by atomic mass is 16.2. The summed E-state index contributed by atoms with van der Waals surface area (Å²) in [6, 6.07) is 8.72. The van der Waals surface area contributed by atoms with Gasteiger partial charge < -0.3 is 4.90 Å². The molecule has 1 heterocycles. The van der Waals surface area contributed by atoms with Crippen molar-refractivity contribution in [1.82, 2.24) is 9.80 Å². The zero-order chi connectivity index (χ0) is 15.4. The number of nitrogens with zero attached hydrogens (tertiary/aromatic N) is 2. The number of amides is 1. The van der Waals surface area contributed by atoms with E-state index in [1.54, 1.807) is 0 Å². The maximum absolute atomic E-state index is 12.5. The number of carbonyl (C=O) groups excluding carboxylic acids is 1. The molecule has 1 aliphatic heterocycles. The van der Waals surface area contributed by atoms with Gasteiger partial charge in [0.15, 0.2) is 0 Å². The zero-order valence-corrected chi connectivity index (χ0v) is 13.8. The van der Waals surface area contributed by atoms with Crippen LogP contribution in [0.5, 0.6) is 0 Å². The normalized spacial score (nSPS) is 20.2. The quantitative estimate of drug-likeness (QED) is 0.846. The predicted molar refractivity (Wildman–Crippen MR) is 89.9 cm³/mol. The number of hydrogen-bond acceptors (Lipinski definition) is 2. The zero-order valence-electron chi connectivity index (χ0n) is 13.8. The molecule has 1 aromatic carbocycles. The molecule has 3 nitrogen and oxygen atoms in total. The standard InChI is InChI=1S/C19H28N2O/c1-20(18-7-3-4-8-18)19(22)17-11-9-16(10-12-17)15-21-13-5-2-6-14-21/h9-12,18H,2-8,13-15H2,1H3. The second-order valence-electron chi connectivity index (χ2n) is 6.89. The number of rotatable bonds is 4. The third kappa shape index (κ3) is 3.70. The number of carbonyl (C=O) groups is 1. The molecule has 0 unspecified atom stereocenters. The summed E-state index contributed by atoms with van der Waals surface area (Å²) < 4.78 is 0. The Labute approximate surface area is 134 Å². The summed E-state index contributed by atoms with van der Waals surface area (Å²) >= 11 is 0. The minimum Gasteiger partial charge on any atom is -0.339 e. The molecule has 0 atom stereocenters. The molecule has 0 N–H and O–H groups in total. The van der Waals surface area contributed by atoms with Crippen molar-refractivity contribution in [2.45, 2.75) is 57.5 Å². The largest absolute Gasteiger partial charge is 0.339 e. The number of benzene rings is 1. The molecule has 3 rings (SSSR count). The van der Waals surface area contributed by atoms with Gasteiger partial charge in [-0.1, -0.05) is 31.4 Å². The molecule has 120 valence electrons. The van der Waals surface area contributed by atoms with Crippen LogP contribution in [0.3, 0.4) is 0 Å². The van der Waals surface area contributed by atoms with Gasteiger partial charge in [-0.15, -0.1) is 0 Å². The van der Waals surface area contributed by atoms with Crippen LogP contribution in [0.4, 0.5) is 0 Å². The Morgan fingerprint density at radius 2 is 1.68 bits per heavy atom. The van der Waals surface area contributed by atoms with E-state index in [9.17, 15) is 4.79 Å². The summed E-state index contributed by atoms with van der Waals surface area (Å²) in [6.07, 6.45) is 8.86. The molecule has 0 bridgehead atoms. The Morgan fingerprint density at radius 1 is 1.05 bits per heavy atom. The number of piperidine rings is 1. The lowest BCUT2D eigenvalue weighted by Crippen LogP contribution is -2.35. The number of likely N-dealkylation sites (tertiary alicyclic amines) is 1. The first-order valence-electron chi connectivity index (χ1n) is 8.82. The molecule has 1 saturated carbocycles. The van der Waals surface area contributed by atoms with E-state index in [1.807, 2.05) is 24.1 Å². The van der Waals surface area contributed by atoms with Crippen LogP contribution in [0.2, 0.25) is 0 Å². The summed E-state index contributed by atoms with van der Waals surface area (Å²) in [4.78, 5) is 17.0. The third-order valence-corrected chi connectivity index (χ3v) is 5.25. The second-order valence-corrected chi connectivity index (χ2v) is 6.89. The summed E-state index contributed by atoms with van der Waals surface area (Å²) in [5.74, 6) is 0.177. The maximum Gasteiger partial charge on any atom is 0.253 e. The molecule has 22 heavy (non-hydrogen) atoms. The van der Waals surface area contributed by atoms with E-state index >= 15 is 0 Å². The fourth-order valence-electron chi connectivity index (χ4n) is 3.79. The van der Waals surface area contributed by atoms with Crippen LogP contribution >= 0.6 is 0 Å². The SMILES string of the molecule is CN(C(=O)c1ccc(CN2CCCCC2)cc1)C1CCCC1. The lowest BCUT2D eigenvalue weighted by molar-refractivity contribution is 0.0735. The smallest absolute Gasteiger partial charge is 0.253 e. The molecule has 1 aliphatic carbocycles. The predicted octanol–water partition coefficient (Wildman–Crippen LogP) is 3.69. The van der Waals surface area contributed by atoms with Gasteiger partial charge in [-0.05, 0) is 56.5 Å². The van der Waals surface area contributed by atoms with E-state index in [0.29, 0.717) is 6.04 Å². The fraction of sp³-hybridized carbons (Fsp3) is 0.632. The van der Waals surface area contributed by atoms with Crippen LogP contribution in [0.25, 0.3) is 0 Å². The fourth-order valence-corrected chi connectivity index (χ4v) is 3.79. The Hall–Kier alpha value is -1.35. The molecular weight excluding hydrogens is 272 g/mol. The minimum absolute atomic E-state index is 0.177. The van der Waals surface area contributed by atoms with Gasteiger partial charge in [0.2, 0.25) is 0 Å². The Kier molecular flexibility index (Phi) is 5.14. The lowest BCUT2D eigenvalue weighted by Gasteiger charge is -2.26. The van der Waals surface area contributed by atoms with Crippen molar-refractivity contribution >= 4 is 5.91 Å². The first kappa shape index (κ1) is 15.5. The van der Waals surface area contributed by atoms with Crippen LogP contribution in [-0.4, -0.2) is 41.9 Å². The van der Waals surface area contributed by atoms with Crippen molar-refractivity contribution in [1.29, 1.82) is 0 Å². The van der Waals surface area contributed by atoms with Crippen molar-refractivity contribution in [3.05, 3.63) is 35.4 Å². The average molecular weight is 300 g/mol. The molecule has 1 aromatic rings. The highest BCUT2D eigenvalue weighted by Gasteiger charge is 2.24. The molecule has 1 saturated heterocycles. The van der Waals surface area contributed by atoms with Crippen LogP contribution in [0.15, 0.2) is 24.3 Å². The molecular formula is C19H28N2O. The summed E-state index contributed by atoms with van der Waals surface area (Å²) in [5, 5.41) is 0. The van der Waals surface area contributed by atoms with Gasteiger partial charge in [-0.25, -0.2) is 0 Å². The van der Waals surface area contributed by atoms with Gasteiger partial charge in [-0.2, -0.15) is 0 Å². The van der Waals surface area contributed by atoms with Gasteiger partial charge >= 0.3 is 0 Å². The molecule has 0 aromatic heterocycles. The summed E-state index contributed by atoms with van der Waals surface area (Å²) in [5.41, 5.74) is 2.15. The maximum atomic E-state index is 12.5. The van der Waals surface area contributed by atoms with Crippen molar-refractivity contribution in [3.63, 3.8) is 0 Å². The molecule has 2 fully saturated rings. The Balaban J connectivity index is 1.59. The van der Waals surface area contributed by atoms with Crippen molar-refractivity contribution in [2.75, 3.05) is 20.1 Å². The Morgan fingerprint density at radius 3 is 2.32 bits per heavy atom. The first-order chi connectivity index (χ1) is 10.7. The monoisotopic (exact) mass is 300 g/mol. The highest BCUT2D eigenvalue weighted by molar-refractivity contribution is 5.94. The van der Waals surface area contributed by atoms with Gasteiger partial charge in [0.25, 0.3) is 5.91 Å². The van der Waals surface area contributed by atoms with E-state index in [2.05, 4.69) is 17.0 Å². The second kappa shape index (κ2) is 7.28. The third-order valence-electron chi connectivity index (χ3n) is 5.25. The van der Waals surface area contributed by atoms with Crippen LogP contribution in [-0.2, 0) is 6.54 Å². The molecule has 0 spiro atoms. The van der Waals surface area contributed by atoms with Gasteiger partial charge in [-0.3, -0.25) is 9.69 Å². The van der Waals surface area contributed by atoms with Crippen molar-refractivity contribution in [2.24, 2.45) is 0 Å². The molecule has 2 aliphatic rings. The van der Waals surface area contributed by atoms with Crippen LogP contribution in [0.1, 0.15) is 60.9 Å². The minimum atomic E-state index is 0.177. The van der Waals surface area contributed by atoms with E-state index in [-0.39, 0.29) is 5.91 Å². The topological polar surface area (TPSA) is 23.6 Å². The van der Waals surface area contributed by atoms with E-state index < -0.39 is 0 Å². The van der Waals surface area contributed by atoms with Gasteiger partial charge in [0.05, 0.1) is 0 Å². The van der Waals surface area contributed by atoms with E-state index in [4.69, 9.17) is 0 Å². The molecule has 0 radical (unpaired) electrons. The van der Waals surface area contributed by atoms with E-state index in [1.165, 1.54) is 50.8 Å². The van der Waals surface area contributed by atoms with Gasteiger partial charge in [0.1, 0.15) is 0 Å². The van der Waals surface area contributed by atoms with E-state index in [0.717, 1.165) is 24.9 Å². The summed E-state index contributed by atoms with van der Waals surface area (Å²) in [7, 11) is 1.96. The lowest BCUT2D eigenvalue weighted by atomic mass is 10.1. The molecule has 3 heteroatoms. The Bertz CT molecular complexity index is 485. The highest BCUT2D eigenvalue weighted by Crippen LogP contribution is 2.24.